The second kappa shape index (κ2) is 13.0. The number of fused-ring (bicyclic) bond motifs is 1. The summed E-state index contributed by atoms with van der Waals surface area (Å²) in [4.78, 5) is 28.3. The number of sulfonamides is 1. The molecule has 0 aromatic heterocycles. The summed E-state index contributed by atoms with van der Waals surface area (Å²) in [6.07, 6.45) is 0.314. The highest BCUT2D eigenvalue weighted by Crippen LogP contribution is 2.34. The van der Waals surface area contributed by atoms with E-state index in [-0.39, 0.29) is 35.4 Å². The molecule has 0 fully saturated rings. The summed E-state index contributed by atoms with van der Waals surface area (Å²) in [6.45, 7) is 5.96. The molecule has 0 radical (unpaired) electrons. The molecular weight excluding hydrogens is 549 g/mol. The van der Waals surface area contributed by atoms with Gasteiger partial charge in [0.05, 0.1) is 10.6 Å². The minimum absolute atomic E-state index is 0.0937. The van der Waals surface area contributed by atoms with Gasteiger partial charge in [0, 0.05) is 19.2 Å². The predicted molar refractivity (Wildman–Crippen MR) is 153 cm³/mol. The number of nitrogens with one attached hydrogen (secondary N) is 1. The number of nitrogens with zero attached hydrogens (tertiary/aromatic N) is 2. The molecule has 41 heavy (non-hydrogen) atoms. The average Bonchev–Trinajstić information content (AvgIpc) is 2.96. The normalized spacial score (nSPS) is 13.3. The zero-order valence-corrected chi connectivity index (χ0v) is 24.1. The SMILES string of the molecule is CCNC(=O)C(CC)N(Cc1cccc(C)c1)C(=O)CN(c1ccc(F)cc1)S(=O)(=O)c1ccc2c(c1)OCCO2. The standard InChI is InChI=1S/C30H34FN3O6S/c1-4-26(30(36)32-5-2)33(19-22-8-6-7-21(3)17-22)29(35)20-34(24-11-9-23(31)10-12-24)41(37,38)25-13-14-27-28(18-25)40-16-15-39-27/h6-14,17-18,26H,4-5,15-16,19-20H2,1-3H3,(H,32,36). The van der Waals surface area contributed by atoms with Crippen LogP contribution < -0.4 is 19.1 Å². The van der Waals surface area contributed by atoms with Crippen molar-refractivity contribution in [3.63, 3.8) is 0 Å². The Hall–Kier alpha value is -4.12. The van der Waals surface area contributed by atoms with E-state index in [2.05, 4.69) is 5.32 Å². The molecule has 2 amide bonds. The molecule has 0 spiro atoms. The minimum Gasteiger partial charge on any atom is -0.486 e. The van der Waals surface area contributed by atoms with Crippen molar-refractivity contribution >= 4 is 27.5 Å². The molecule has 218 valence electrons. The highest BCUT2D eigenvalue weighted by molar-refractivity contribution is 7.92. The minimum atomic E-state index is -4.34. The molecule has 1 heterocycles. The molecule has 0 aliphatic carbocycles. The lowest BCUT2D eigenvalue weighted by Gasteiger charge is -2.33. The number of likely N-dealkylation sites (N-methyl/N-ethyl adjacent to an activating group) is 1. The summed E-state index contributed by atoms with van der Waals surface area (Å²) in [5.74, 6) is -0.795. The number of ether oxygens (including phenoxy) is 2. The smallest absolute Gasteiger partial charge is 0.264 e. The maximum Gasteiger partial charge on any atom is 0.264 e. The van der Waals surface area contributed by atoms with E-state index in [0.29, 0.717) is 25.3 Å². The number of hydrogen-bond donors (Lipinski definition) is 1. The van der Waals surface area contributed by atoms with Crippen LogP contribution in [0.15, 0.2) is 71.6 Å². The third-order valence-electron chi connectivity index (χ3n) is 6.67. The maximum atomic E-state index is 14.0. The first-order chi connectivity index (χ1) is 19.6. The number of aryl methyl sites for hydroxylation is 1. The number of benzene rings is 3. The first-order valence-electron chi connectivity index (χ1n) is 13.4. The number of halogens is 1. The van der Waals surface area contributed by atoms with Crippen LogP contribution in [0, 0.1) is 12.7 Å². The second-order valence-corrected chi connectivity index (χ2v) is 11.5. The Kier molecular flexibility index (Phi) is 9.49. The van der Waals surface area contributed by atoms with Gasteiger partial charge in [-0.25, -0.2) is 12.8 Å². The van der Waals surface area contributed by atoms with Gasteiger partial charge < -0.3 is 19.7 Å². The maximum absolute atomic E-state index is 14.0. The van der Waals surface area contributed by atoms with E-state index in [1.165, 1.54) is 35.2 Å². The molecular formula is C30H34FN3O6S. The molecule has 9 nitrogen and oxygen atoms in total. The van der Waals surface area contributed by atoms with Gasteiger partial charge in [-0.1, -0.05) is 36.8 Å². The van der Waals surface area contributed by atoms with Gasteiger partial charge in [0.25, 0.3) is 10.0 Å². The van der Waals surface area contributed by atoms with Crippen LogP contribution >= 0.6 is 0 Å². The molecule has 1 N–H and O–H groups in total. The van der Waals surface area contributed by atoms with E-state index in [0.717, 1.165) is 27.6 Å². The number of carbonyl (C=O) groups is 2. The number of anilines is 1. The lowest BCUT2D eigenvalue weighted by atomic mass is 10.1. The molecule has 0 saturated carbocycles. The predicted octanol–water partition coefficient (Wildman–Crippen LogP) is 4.04. The zero-order chi connectivity index (χ0) is 29.6. The molecule has 0 bridgehead atoms. The van der Waals surface area contributed by atoms with Crippen molar-refractivity contribution in [1.82, 2.24) is 10.2 Å². The van der Waals surface area contributed by atoms with Gasteiger partial charge in [-0.05, 0) is 62.2 Å². The monoisotopic (exact) mass is 583 g/mol. The van der Waals surface area contributed by atoms with Crippen molar-refractivity contribution in [2.75, 3.05) is 30.6 Å². The number of carbonyl (C=O) groups excluding carboxylic acids is 2. The van der Waals surface area contributed by atoms with Gasteiger partial charge in [-0.3, -0.25) is 13.9 Å². The van der Waals surface area contributed by atoms with E-state index in [4.69, 9.17) is 9.47 Å². The molecule has 1 aliphatic heterocycles. The third-order valence-corrected chi connectivity index (χ3v) is 8.44. The van der Waals surface area contributed by atoms with Gasteiger partial charge >= 0.3 is 0 Å². The second-order valence-electron chi connectivity index (χ2n) is 9.62. The van der Waals surface area contributed by atoms with Crippen LogP contribution in [0.5, 0.6) is 11.5 Å². The van der Waals surface area contributed by atoms with E-state index in [1.807, 2.05) is 31.2 Å². The molecule has 11 heteroatoms. The van der Waals surface area contributed by atoms with E-state index >= 15 is 0 Å². The van der Waals surface area contributed by atoms with Crippen LogP contribution in [0.1, 0.15) is 31.4 Å². The molecule has 3 aromatic carbocycles. The molecule has 0 saturated heterocycles. The molecule has 1 unspecified atom stereocenters. The van der Waals surface area contributed by atoms with E-state index < -0.39 is 34.3 Å². The van der Waals surface area contributed by atoms with Crippen molar-refractivity contribution in [2.45, 2.75) is 44.7 Å². The third kappa shape index (κ3) is 6.97. The fraction of sp³-hybridized carbons (Fsp3) is 0.333. The summed E-state index contributed by atoms with van der Waals surface area (Å²) in [5.41, 5.74) is 1.87. The Labute approximate surface area is 239 Å². The highest BCUT2D eigenvalue weighted by Gasteiger charge is 2.34. The lowest BCUT2D eigenvalue weighted by Crippen LogP contribution is -2.52. The summed E-state index contributed by atoms with van der Waals surface area (Å²) < 4.78 is 53.9. The van der Waals surface area contributed by atoms with Crippen LogP contribution in [-0.4, -0.2) is 57.5 Å². The van der Waals surface area contributed by atoms with Gasteiger partial charge in [-0.2, -0.15) is 0 Å². The van der Waals surface area contributed by atoms with Gasteiger partial charge in [0.2, 0.25) is 11.8 Å². The number of amides is 2. The Bertz CT molecular complexity index is 1500. The average molecular weight is 584 g/mol. The van der Waals surface area contributed by atoms with Crippen molar-refractivity contribution in [3.8, 4) is 11.5 Å². The molecule has 3 aromatic rings. The Balaban J connectivity index is 1.74. The van der Waals surface area contributed by atoms with Crippen molar-refractivity contribution in [1.29, 1.82) is 0 Å². The molecule has 1 aliphatic rings. The topological polar surface area (TPSA) is 105 Å². The van der Waals surface area contributed by atoms with Crippen LogP contribution in [-0.2, 0) is 26.2 Å². The lowest BCUT2D eigenvalue weighted by molar-refractivity contribution is -0.140. The van der Waals surface area contributed by atoms with Crippen LogP contribution in [0.3, 0.4) is 0 Å². The molecule has 1 atom stereocenters. The van der Waals surface area contributed by atoms with E-state index in [9.17, 15) is 22.4 Å². The van der Waals surface area contributed by atoms with Gasteiger partial charge in [0.15, 0.2) is 11.5 Å². The Morgan fingerprint density at radius 3 is 2.34 bits per heavy atom. The Morgan fingerprint density at radius 1 is 0.976 bits per heavy atom. The summed E-state index contributed by atoms with van der Waals surface area (Å²) in [6, 6.07) is 15.8. The summed E-state index contributed by atoms with van der Waals surface area (Å²) >= 11 is 0. The number of hydrogen-bond acceptors (Lipinski definition) is 6. The van der Waals surface area contributed by atoms with Crippen molar-refractivity contribution in [3.05, 3.63) is 83.7 Å². The summed E-state index contributed by atoms with van der Waals surface area (Å²) in [7, 11) is -4.34. The molecule has 4 rings (SSSR count). The largest absolute Gasteiger partial charge is 0.486 e. The summed E-state index contributed by atoms with van der Waals surface area (Å²) in [5, 5.41) is 2.77. The highest BCUT2D eigenvalue weighted by atomic mass is 32.2. The zero-order valence-electron chi connectivity index (χ0n) is 23.3. The Morgan fingerprint density at radius 2 is 1.68 bits per heavy atom. The first-order valence-corrected chi connectivity index (χ1v) is 14.9. The van der Waals surface area contributed by atoms with Crippen molar-refractivity contribution < 1.29 is 31.9 Å². The van der Waals surface area contributed by atoms with E-state index in [1.54, 1.807) is 13.8 Å². The van der Waals surface area contributed by atoms with Gasteiger partial charge in [0.1, 0.15) is 31.6 Å². The van der Waals surface area contributed by atoms with Crippen molar-refractivity contribution in [2.24, 2.45) is 0 Å². The first kappa shape index (κ1) is 29.9. The van der Waals surface area contributed by atoms with Gasteiger partial charge in [-0.15, -0.1) is 0 Å². The fourth-order valence-electron chi connectivity index (χ4n) is 4.67. The fourth-order valence-corrected chi connectivity index (χ4v) is 6.10. The number of rotatable bonds is 11. The van der Waals surface area contributed by atoms with Crippen LogP contribution in [0.25, 0.3) is 0 Å². The quantitative estimate of drug-likeness (QED) is 0.365. The van der Waals surface area contributed by atoms with Crippen LogP contribution in [0.4, 0.5) is 10.1 Å². The van der Waals surface area contributed by atoms with Crippen LogP contribution in [0.2, 0.25) is 0 Å².